The first-order valence-electron chi connectivity index (χ1n) is 8.52. The van der Waals surface area contributed by atoms with Crippen molar-refractivity contribution in [1.29, 1.82) is 0 Å². The number of amides is 1. The molecule has 3 saturated carbocycles. The lowest BCUT2D eigenvalue weighted by molar-refractivity contribution is -0.127. The Morgan fingerprint density at radius 3 is 2.42 bits per heavy atom. The Balaban J connectivity index is 1.50. The lowest BCUT2D eigenvalue weighted by Crippen LogP contribution is -2.41. The van der Waals surface area contributed by atoms with E-state index in [0.29, 0.717) is 17.9 Å². The zero-order valence-corrected chi connectivity index (χ0v) is 12.4. The van der Waals surface area contributed by atoms with Crippen molar-refractivity contribution in [1.82, 2.24) is 5.32 Å². The molecule has 0 aliphatic heterocycles. The summed E-state index contributed by atoms with van der Waals surface area (Å²) in [7, 11) is 0. The van der Waals surface area contributed by atoms with Gasteiger partial charge in [0.2, 0.25) is 5.91 Å². The van der Waals surface area contributed by atoms with Gasteiger partial charge in [-0.2, -0.15) is 0 Å². The molecule has 5 atom stereocenters. The summed E-state index contributed by atoms with van der Waals surface area (Å²) in [6.07, 6.45) is 13.0. The van der Waals surface area contributed by atoms with Crippen LogP contribution in [0.5, 0.6) is 0 Å². The summed E-state index contributed by atoms with van der Waals surface area (Å²) in [4.78, 5) is 12.4. The van der Waals surface area contributed by atoms with E-state index >= 15 is 0 Å². The number of nitrogens with one attached hydrogen (secondary N) is 1. The maximum Gasteiger partial charge on any atom is 0.223 e. The average Bonchev–Trinajstić information content (AvgIpc) is 2.83. The van der Waals surface area contributed by atoms with Crippen molar-refractivity contribution in [2.24, 2.45) is 23.7 Å². The third kappa shape index (κ3) is 3.14. The Labute approximate surface area is 117 Å². The van der Waals surface area contributed by atoms with Crippen molar-refractivity contribution in [2.45, 2.75) is 77.2 Å². The summed E-state index contributed by atoms with van der Waals surface area (Å²) in [6.45, 7) is 2.30. The predicted molar refractivity (Wildman–Crippen MR) is 77.7 cm³/mol. The summed E-state index contributed by atoms with van der Waals surface area (Å²) in [5, 5.41) is 3.34. The van der Waals surface area contributed by atoms with Crippen LogP contribution in [0.2, 0.25) is 0 Å². The molecule has 3 aliphatic carbocycles. The molecule has 0 radical (unpaired) electrons. The Morgan fingerprint density at radius 2 is 1.68 bits per heavy atom. The van der Waals surface area contributed by atoms with E-state index in [4.69, 9.17) is 0 Å². The maximum absolute atomic E-state index is 12.4. The molecule has 0 saturated heterocycles. The van der Waals surface area contributed by atoms with Gasteiger partial charge >= 0.3 is 0 Å². The van der Waals surface area contributed by atoms with Crippen LogP contribution in [0.25, 0.3) is 0 Å². The van der Waals surface area contributed by atoms with Crippen LogP contribution in [-0.4, -0.2) is 11.9 Å². The van der Waals surface area contributed by atoms with Gasteiger partial charge < -0.3 is 5.32 Å². The standard InChI is InChI=1S/C17H29NO/c1-12-6-9-16(10-12)18-17(19)15-8-7-13-4-2-3-5-14(13)11-15/h12-16H,2-11H2,1H3,(H,18,19). The van der Waals surface area contributed by atoms with Gasteiger partial charge in [0.25, 0.3) is 0 Å². The zero-order valence-electron chi connectivity index (χ0n) is 12.4. The molecular formula is C17H29NO. The van der Waals surface area contributed by atoms with Crippen LogP contribution >= 0.6 is 0 Å². The lowest BCUT2D eigenvalue weighted by atomic mass is 9.67. The fourth-order valence-corrected chi connectivity index (χ4v) is 4.77. The molecule has 2 heteroatoms. The average molecular weight is 263 g/mol. The quantitative estimate of drug-likeness (QED) is 0.804. The number of hydrogen-bond acceptors (Lipinski definition) is 1. The minimum Gasteiger partial charge on any atom is -0.353 e. The smallest absolute Gasteiger partial charge is 0.223 e. The van der Waals surface area contributed by atoms with Crippen LogP contribution in [0.15, 0.2) is 0 Å². The molecule has 1 N–H and O–H groups in total. The topological polar surface area (TPSA) is 29.1 Å². The van der Waals surface area contributed by atoms with Gasteiger partial charge in [0.05, 0.1) is 0 Å². The predicted octanol–water partition coefficient (Wildman–Crippen LogP) is 3.90. The summed E-state index contributed by atoms with van der Waals surface area (Å²) >= 11 is 0. The van der Waals surface area contributed by atoms with Crippen LogP contribution in [0.1, 0.15) is 71.1 Å². The van der Waals surface area contributed by atoms with E-state index in [0.717, 1.165) is 24.2 Å². The minimum atomic E-state index is 0.329. The first kappa shape index (κ1) is 13.5. The highest BCUT2D eigenvalue weighted by Gasteiger charge is 2.35. The first-order chi connectivity index (χ1) is 9.22. The summed E-state index contributed by atoms with van der Waals surface area (Å²) < 4.78 is 0. The molecule has 108 valence electrons. The molecule has 0 aromatic rings. The van der Waals surface area contributed by atoms with Crippen molar-refractivity contribution in [2.75, 3.05) is 0 Å². The molecule has 3 rings (SSSR count). The third-order valence-electron chi connectivity index (χ3n) is 5.95. The summed E-state index contributed by atoms with van der Waals surface area (Å²) in [6, 6.07) is 0.478. The van der Waals surface area contributed by atoms with Crippen molar-refractivity contribution >= 4 is 5.91 Å². The molecule has 0 spiro atoms. The van der Waals surface area contributed by atoms with Gasteiger partial charge in [-0.05, 0) is 56.3 Å². The number of hydrogen-bond donors (Lipinski definition) is 1. The molecule has 19 heavy (non-hydrogen) atoms. The molecule has 2 nitrogen and oxygen atoms in total. The van der Waals surface area contributed by atoms with Crippen molar-refractivity contribution in [3.63, 3.8) is 0 Å². The fraction of sp³-hybridized carbons (Fsp3) is 0.941. The second kappa shape index (κ2) is 5.85. The molecule has 0 aromatic carbocycles. The van der Waals surface area contributed by atoms with E-state index < -0.39 is 0 Å². The van der Waals surface area contributed by atoms with Crippen LogP contribution in [-0.2, 0) is 4.79 Å². The van der Waals surface area contributed by atoms with E-state index in [1.165, 1.54) is 57.8 Å². The molecule has 0 bridgehead atoms. The van der Waals surface area contributed by atoms with E-state index in [1.807, 2.05) is 0 Å². The highest BCUT2D eigenvalue weighted by molar-refractivity contribution is 5.79. The van der Waals surface area contributed by atoms with Gasteiger partial charge in [-0.25, -0.2) is 0 Å². The van der Waals surface area contributed by atoms with E-state index in [2.05, 4.69) is 12.2 Å². The molecule has 5 unspecified atom stereocenters. The Bertz CT molecular complexity index is 327. The largest absolute Gasteiger partial charge is 0.353 e. The van der Waals surface area contributed by atoms with Crippen LogP contribution in [0.3, 0.4) is 0 Å². The zero-order chi connectivity index (χ0) is 13.2. The maximum atomic E-state index is 12.4. The van der Waals surface area contributed by atoms with Crippen LogP contribution < -0.4 is 5.32 Å². The number of fused-ring (bicyclic) bond motifs is 1. The summed E-state index contributed by atoms with van der Waals surface area (Å²) in [5.74, 6) is 3.32. The monoisotopic (exact) mass is 263 g/mol. The normalized spacial score (nSPS) is 42.7. The summed E-state index contributed by atoms with van der Waals surface area (Å²) in [5.41, 5.74) is 0. The van der Waals surface area contributed by atoms with Gasteiger partial charge in [-0.1, -0.05) is 32.6 Å². The third-order valence-corrected chi connectivity index (χ3v) is 5.95. The number of rotatable bonds is 2. The van der Waals surface area contributed by atoms with Crippen molar-refractivity contribution < 1.29 is 4.79 Å². The molecule has 1 amide bonds. The molecule has 0 aromatic heterocycles. The molecule has 0 heterocycles. The van der Waals surface area contributed by atoms with Gasteiger partial charge in [-0.3, -0.25) is 4.79 Å². The van der Waals surface area contributed by atoms with Crippen molar-refractivity contribution in [3.05, 3.63) is 0 Å². The Morgan fingerprint density at radius 1 is 0.895 bits per heavy atom. The molecular weight excluding hydrogens is 234 g/mol. The fourth-order valence-electron chi connectivity index (χ4n) is 4.77. The lowest BCUT2D eigenvalue weighted by Gasteiger charge is -2.39. The van der Waals surface area contributed by atoms with Crippen LogP contribution in [0, 0.1) is 23.7 Å². The highest BCUT2D eigenvalue weighted by Crippen LogP contribution is 2.42. The second-order valence-electron chi connectivity index (χ2n) is 7.44. The van der Waals surface area contributed by atoms with Gasteiger partial charge in [0.1, 0.15) is 0 Å². The molecule has 3 fully saturated rings. The SMILES string of the molecule is CC1CCC(NC(=O)C2CCC3CCCCC3C2)C1. The highest BCUT2D eigenvalue weighted by atomic mass is 16.1. The second-order valence-corrected chi connectivity index (χ2v) is 7.44. The van der Waals surface area contributed by atoms with Crippen molar-refractivity contribution in [3.8, 4) is 0 Å². The number of carbonyl (C=O) groups is 1. The van der Waals surface area contributed by atoms with E-state index in [-0.39, 0.29) is 0 Å². The van der Waals surface area contributed by atoms with E-state index in [1.54, 1.807) is 0 Å². The first-order valence-corrected chi connectivity index (χ1v) is 8.52. The van der Waals surface area contributed by atoms with Gasteiger partial charge in [-0.15, -0.1) is 0 Å². The van der Waals surface area contributed by atoms with Crippen LogP contribution in [0.4, 0.5) is 0 Å². The number of carbonyl (C=O) groups excluding carboxylic acids is 1. The van der Waals surface area contributed by atoms with E-state index in [9.17, 15) is 4.79 Å². The minimum absolute atomic E-state index is 0.329. The Kier molecular flexibility index (Phi) is 4.14. The van der Waals surface area contributed by atoms with Gasteiger partial charge in [0.15, 0.2) is 0 Å². The Hall–Kier alpha value is -0.530. The van der Waals surface area contributed by atoms with Gasteiger partial charge in [0, 0.05) is 12.0 Å². The molecule has 3 aliphatic rings.